The summed E-state index contributed by atoms with van der Waals surface area (Å²) in [4.78, 5) is 28.9. The zero-order chi connectivity index (χ0) is 23.8. The molecule has 0 fully saturated rings. The van der Waals surface area contributed by atoms with Crippen LogP contribution in [-0.4, -0.2) is 49.7 Å². The predicted molar refractivity (Wildman–Crippen MR) is 129 cm³/mol. The molecule has 3 rings (SSSR count). The molecule has 0 bridgehead atoms. The molecule has 0 aliphatic carbocycles. The van der Waals surface area contributed by atoms with E-state index in [0.717, 1.165) is 28.6 Å². The summed E-state index contributed by atoms with van der Waals surface area (Å²) in [6.45, 7) is 5.74. The number of nitrogens with zero attached hydrogens (tertiary/aromatic N) is 1. The molecule has 0 spiro atoms. The van der Waals surface area contributed by atoms with Crippen LogP contribution in [0.2, 0.25) is 0 Å². The second-order valence-corrected chi connectivity index (χ2v) is 8.10. The Labute approximate surface area is 194 Å². The number of aromatic nitrogens is 1. The van der Waals surface area contributed by atoms with Gasteiger partial charge in [-0.15, -0.1) is 0 Å². The largest absolute Gasteiger partial charge is 0.493 e. The minimum absolute atomic E-state index is 0.0684. The van der Waals surface area contributed by atoms with E-state index in [1.165, 1.54) is 6.07 Å². The van der Waals surface area contributed by atoms with Gasteiger partial charge >= 0.3 is 0 Å². The highest BCUT2D eigenvalue weighted by Gasteiger charge is 2.16. The van der Waals surface area contributed by atoms with Gasteiger partial charge in [-0.25, -0.2) is 0 Å². The van der Waals surface area contributed by atoms with Gasteiger partial charge in [0.2, 0.25) is 11.5 Å². The number of carbonyl (C=O) groups excluding carboxylic acids is 1. The van der Waals surface area contributed by atoms with Crippen molar-refractivity contribution in [2.45, 2.75) is 26.7 Å². The van der Waals surface area contributed by atoms with Crippen LogP contribution in [0.3, 0.4) is 0 Å². The van der Waals surface area contributed by atoms with Crippen molar-refractivity contribution in [1.82, 2.24) is 9.88 Å². The van der Waals surface area contributed by atoms with E-state index in [2.05, 4.69) is 4.98 Å². The Bertz CT molecular complexity index is 1140. The lowest BCUT2D eigenvalue weighted by atomic mass is 10.1. The van der Waals surface area contributed by atoms with Crippen molar-refractivity contribution in [1.29, 1.82) is 0 Å². The summed E-state index contributed by atoms with van der Waals surface area (Å²) < 4.78 is 16.6. The standard InChI is InChI=1S/C26H32N2O5/c1-5-28(13-12-19-6-10-23(31-3)24(15-19)32-4)26(30)14-18(2)17-33-21-8-9-22-20(16-21)7-11-25(29)27-22/h6-11,15-16,18H,5,12-14,17H2,1-4H3,(H,27,29). The third-order valence-electron chi connectivity index (χ3n) is 5.61. The number of aromatic amines is 1. The van der Waals surface area contributed by atoms with Gasteiger partial charge in [-0.1, -0.05) is 13.0 Å². The highest BCUT2D eigenvalue weighted by atomic mass is 16.5. The zero-order valence-corrected chi connectivity index (χ0v) is 19.7. The summed E-state index contributed by atoms with van der Waals surface area (Å²) in [5.74, 6) is 2.28. The Hall–Kier alpha value is -3.48. The first-order valence-corrected chi connectivity index (χ1v) is 11.2. The van der Waals surface area contributed by atoms with E-state index < -0.39 is 0 Å². The van der Waals surface area contributed by atoms with Gasteiger partial charge in [0.25, 0.3) is 0 Å². The topological polar surface area (TPSA) is 80.9 Å². The maximum atomic E-state index is 12.8. The minimum Gasteiger partial charge on any atom is -0.493 e. The average molecular weight is 453 g/mol. The lowest BCUT2D eigenvalue weighted by molar-refractivity contribution is -0.132. The number of hydrogen-bond donors (Lipinski definition) is 1. The number of rotatable bonds is 11. The number of methoxy groups -OCH3 is 2. The molecule has 0 radical (unpaired) electrons. The number of likely N-dealkylation sites (N-methyl/N-ethyl adjacent to an activating group) is 1. The Balaban J connectivity index is 1.51. The van der Waals surface area contributed by atoms with Crippen LogP contribution >= 0.6 is 0 Å². The van der Waals surface area contributed by atoms with Crippen molar-refractivity contribution in [3.63, 3.8) is 0 Å². The highest BCUT2D eigenvalue weighted by Crippen LogP contribution is 2.27. The highest BCUT2D eigenvalue weighted by molar-refractivity contribution is 5.79. The van der Waals surface area contributed by atoms with Crippen molar-refractivity contribution < 1.29 is 19.0 Å². The molecule has 1 unspecified atom stereocenters. The molecule has 7 nitrogen and oxygen atoms in total. The van der Waals surface area contributed by atoms with Gasteiger partial charge in [-0.3, -0.25) is 9.59 Å². The van der Waals surface area contributed by atoms with E-state index in [1.54, 1.807) is 20.3 Å². The fraction of sp³-hybridized carbons (Fsp3) is 0.385. The van der Waals surface area contributed by atoms with Gasteiger partial charge in [0, 0.05) is 36.5 Å². The van der Waals surface area contributed by atoms with Gasteiger partial charge in [0.05, 0.1) is 20.8 Å². The summed E-state index contributed by atoms with van der Waals surface area (Å²) in [7, 11) is 3.23. The maximum Gasteiger partial charge on any atom is 0.248 e. The molecule has 33 heavy (non-hydrogen) atoms. The van der Waals surface area contributed by atoms with Crippen LogP contribution < -0.4 is 19.8 Å². The minimum atomic E-state index is -0.130. The first-order chi connectivity index (χ1) is 15.9. The predicted octanol–water partition coefficient (Wildman–Crippen LogP) is 4.04. The summed E-state index contributed by atoms with van der Waals surface area (Å²) in [6.07, 6.45) is 1.16. The van der Waals surface area contributed by atoms with Crippen molar-refractivity contribution in [3.8, 4) is 17.2 Å². The summed E-state index contributed by atoms with van der Waals surface area (Å²) in [6, 6.07) is 14.6. The number of amides is 1. The van der Waals surface area contributed by atoms with Crippen LogP contribution in [0.25, 0.3) is 10.9 Å². The fourth-order valence-corrected chi connectivity index (χ4v) is 3.71. The number of pyridine rings is 1. The molecule has 1 N–H and O–H groups in total. The zero-order valence-electron chi connectivity index (χ0n) is 19.7. The molecule has 1 aromatic heterocycles. The molecule has 1 heterocycles. The molecule has 3 aromatic rings. The van der Waals surface area contributed by atoms with Gasteiger partial charge in [0.15, 0.2) is 11.5 Å². The van der Waals surface area contributed by atoms with E-state index in [4.69, 9.17) is 14.2 Å². The monoisotopic (exact) mass is 452 g/mol. The number of fused-ring (bicyclic) bond motifs is 1. The summed E-state index contributed by atoms with van der Waals surface area (Å²) in [5, 5.41) is 0.906. The van der Waals surface area contributed by atoms with E-state index in [9.17, 15) is 9.59 Å². The molecule has 7 heteroatoms. The molecule has 0 aliphatic rings. The molecule has 0 saturated heterocycles. The molecule has 0 aliphatic heterocycles. The van der Waals surface area contributed by atoms with Gasteiger partial charge in [-0.05, 0) is 61.2 Å². The first kappa shape index (κ1) is 24.2. The number of carbonyl (C=O) groups is 1. The lowest BCUT2D eigenvalue weighted by Gasteiger charge is -2.23. The van der Waals surface area contributed by atoms with Gasteiger partial charge in [0.1, 0.15) is 5.75 Å². The number of ether oxygens (including phenoxy) is 3. The average Bonchev–Trinajstić information content (AvgIpc) is 2.82. The Kier molecular flexibility index (Phi) is 8.35. The molecule has 176 valence electrons. The third kappa shape index (κ3) is 6.51. The van der Waals surface area contributed by atoms with Crippen LogP contribution in [0.15, 0.2) is 53.3 Å². The fourth-order valence-electron chi connectivity index (χ4n) is 3.71. The Morgan fingerprint density at radius 1 is 1.03 bits per heavy atom. The smallest absolute Gasteiger partial charge is 0.248 e. The quantitative estimate of drug-likeness (QED) is 0.475. The van der Waals surface area contributed by atoms with Gasteiger partial charge < -0.3 is 24.1 Å². The molecule has 0 saturated carbocycles. The first-order valence-electron chi connectivity index (χ1n) is 11.2. The van der Waals surface area contributed by atoms with Gasteiger partial charge in [-0.2, -0.15) is 0 Å². The number of benzene rings is 2. The lowest BCUT2D eigenvalue weighted by Crippen LogP contribution is -2.34. The second kappa shape index (κ2) is 11.4. The van der Waals surface area contributed by atoms with E-state index >= 15 is 0 Å². The summed E-state index contributed by atoms with van der Waals surface area (Å²) >= 11 is 0. The van der Waals surface area contributed by atoms with Crippen molar-refractivity contribution >= 4 is 16.8 Å². The number of hydrogen-bond acceptors (Lipinski definition) is 5. The van der Waals surface area contributed by atoms with Crippen molar-refractivity contribution in [2.75, 3.05) is 33.9 Å². The Morgan fingerprint density at radius 3 is 2.55 bits per heavy atom. The van der Waals surface area contributed by atoms with Crippen LogP contribution in [0.5, 0.6) is 17.2 Å². The maximum absolute atomic E-state index is 12.8. The molecular formula is C26H32N2O5. The van der Waals surface area contributed by atoms with Crippen LogP contribution in [0.4, 0.5) is 0 Å². The van der Waals surface area contributed by atoms with Crippen LogP contribution in [0, 0.1) is 5.92 Å². The summed E-state index contributed by atoms with van der Waals surface area (Å²) in [5.41, 5.74) is 1.73. The van der Waals surface area contributed by atoms with Crippen molar-refractivity contribution in [2.24, 2.45) is 5.92 Å². The van der Waals surface area contributed by atoms with Crippen LogP contribution in [0.1, 0.15) is 25.8 Å². The van der Waals surface area contributed by atoms with E-state index in [-0.39, 0.29) is 17.4 Å². The third-order valence-corrected chi connectivity index (χ3v) is 5.61. The van der Waals surface area contributed by atoms with E-state index in [0.29, 0.717) is 37.6 Å². The normalized spacial score (nSPS) is 11.8. The van der Waals surface area contributed by atoms with Crippen molar-refractivity contribution in [3.05, 3.63) is 64.4 Å². The number of nitrogens with one attached hydrogen (secondary N) is 1. The number of H-pyrrole nitrogens is 1. The Morgan fingerprint density at radius 2 is 1.82 bits per heavy atom. The van der Waals surface area contributed by atoms with Crippen LogP contribution in [-0.2, 0) is 11.2 Å². The SMILES string of the molecule is CCN(CCc1ccc(OC)c(OC)c1)C(=O)CC(C)COc1ccc2[nH]c(=O)ccc2c1. The van der Waals surface area contributed by atoms with E-state index in [1.807, 2.05) is 55.1 Å². The second-order valence-electron chi connectivity index (χ2n) is 8.10. The molecule has 1 atom stereocenters. The molecule has 2 aromatic carbocycles. The molecular weight excluding hydrogens is 420 g/mol. The molecule has 1 amide bonds.